The minimum atomic E-state index is 0.323. The van der Waals surface area contributed by atoms with Gasteiger partial charge in [0, 0.05) is 6.42 Å². The molecule has 0 unspecified atom stereocenters. The zero-order valence-electron chi connectivity index (χ0n) is 6.61. The van der Waals surface area contributed by atoms with E-state index >= 15 is 0 Å². The van der Waals surface area contributed by atoms with Gasteiger partial charge in [0.05, 0.1) is 0 Å². The van der Waals surface area contributed by atoms with Gasteiger partial charge in [0.15, 0.2) is 0 Å². The molecule has 0 amide bonds. The summed E-state index contributed by atoms with van der Waals surface area (Å²) in [5.41, 5.74) is 0. The highest BCUT2D eigenvalue weighted by Gasteiger charge is 2.04. The molecule has 0 N–H and O–H groups in total. The third kappa shape index (κ3) is 4.19. The number of hydrogen-bond acceptors (Lipinski definition) is 1. The quantitative estimate of drug-likeness (QED) is 0.568. The van der Waals surface area contributed by atoms with E-state index in [0.29, 0.717) is 11.7 Å². The van der Waals surface area contributed by atoms with E-state index in [2.05, 4.69) is 13.8 Å². The van der Waals surface area contributed by atoms with Gasteiger partial charge in [-0.15, -0.1) is 0 Å². The number of ketones is 1. The second kappa shape index (κ2) is 4.54. The van der Waals surface area contributed by atoms with Crippen LogP contribution in [0.5, 0.6) is 0 Å². The molecule has 0 saturated carbocycles. The highest BCUT2D eigenvalue weighted by atomic mass is 16.1. The molecule has 0 radical (unpaired) electrons. The van der Waals surface area contributed by atoms with Crippen molar-refractivity contribution in [3.8, 4) is 0 Å². The van der Waals surface area contributed by atoms with Gasteiger partial charge in [-0.25, -0.2) is 0 Å². The van der Waals surface area contributed by atoms with Crippen LogP contribution in [0.25, 0.3) is 0 Å². The maximum Gasteiger partial charge on any atom is 0.130 e. The van der Waals surface area contributed by atoms with Gasteiger partial charge in [0.1, 0.15) is 5.78 Å². The van der Waals surface area contributed by atoms with Crippen LogP contribution in [0.15, 0.2) is 0 Å². The molecule has 0 fully saturated rings. The van der Waals surface area contributed by atoms with Crippen LogP contribution >= 0.6 is 0 Å². The fourth-order valence-corrected chi connectivity index (χ4v) is 0.984. The van der Waals surface area contributed by atoms with Gasteiger partial charge in [-0.1, -0.05) is 26.7 Å². The minimum Gasteiger partial charge on any atom is -0.300 e. The molecule has 0 rings (SSSR count). The van der Waals surface area contributed by atoms with E-state index < -0.39 is 0 Å². The number of hydrogen-bond donors (Lipinski definition) is 0. The lowest BCUT2D eigenvalue weighted by atomic mass is 9.98. The van der Waals surface area contributed by atoms with Gasteiger partial charge in [0.25, 0.3) is 0 Å². The molecule has 0 aromatic rings. The Hall–Kier alpha value is -0.330. The molecule has 54 valence electrons. The average Bonchev–Trinajstić information content (AvgIpc) is 1.82. The SMILES string of the molecule is CCC(CC)CC(C)=O. The lowest BCUT2D eigenvalue weighted by molar-refractivity contribution is -0.117. The van der Waals surface area contributed by atoms with Crippen LogP contribution in [0, 0.1) is 5.92 Å². The van der Waals surface area contributed by atoms with E-state index in [1.54, 1.807) is 6.92 Å². The van der Waals surface area contributed by atoms with E-state index in [9.17, 15) is 4.79 Å². The first kappa shape index (κ1) is 8.67. The Kier molecular flexibility index (Phi) is 4.37. The smallest absolute Gasteiger partial charge is 0.130 e. The second-order valence-electron chi connectivity index (χ2n) is 2.59. The molecule has 0 heterocycles. The fourth-order valence-electron chi connectivity index (χ4n) is 0.984. The van der Waals surface area contributed by atoms with Crippen molar-refractivity contribution >= 4 is 5.78 Å². The van der Waals surface area contributed by atoms with Gasteiger partial charge in [0.2, 0.25) is 0 Å². The third-order valence-corrected chi connectivity index (χ3v) is 1.73. The van der Waals surface area contributed by atoms with E-state index in [1.165, 1.54) is 0 Å². The summed E-state index contributed by atoms with van der Waals surface area (Å²) >= 11 is 0. The number of carbonyl (C=O) groups is 1. The zero-order valence-corrected chi connectivity index (χ0v) is 6.61. The second-order valence-corrected chi connectivity index (χ2v) is 2.59. The summed E-state index contributed by atoms with van der Waals surface area (Å²) in [5.74, 6) is 0.950. The molecule has 1 nitrogen and oxygen atoms in total. The Bertz CT molecular complexity index is 82.6. The van der Waals surface area contributed by atoms with Crippen molar-refractivity contribution in [2.45, 2.75) is 40.0 Å². The maximum absolute atomic E-state index is 10.6. The Morgan fingerprint density at radius 3 is 1.89 bits per heavy atom. The summed E-state index contributed by atoms with van der Waals surface area (Å²) in [6.07, 6.45) is 3.04. The van der Waals surface area contributed by atoms with E-state index in [0.717, 1.165) is 19.3 Å². The Labute approximate surface area is 57.5 Å². The molecule has 0 aromatic heterocycles. The fraction of sp³-hybridized carbons (Fsp3) is 0.875. The Morgan fingerprint density at radius 1 is 1.33 bits per heavy atom. The van der Waals surface area contributed by atoms with Crippen LogP contribution in [0.2, 0.25) is 0 Å². The molecule has 0 spiro atoms. The molecule has 0 aliphatic rings. The van der Waals surface area contributed by atoms with Gasteiger partial charge in [-0.05, 0) is 12.8 Å². The summed E-state index contributed by atoms with van der Waals surface area (Å²) in [6.45, 7) is 5.94. The first-order chi connectivity index (χ1) is 4.20. The monoisotopic (exact) mass is 128 g/mol. The van der Waals surface area contributed by atoms with E-state index in [4.69, 9.17) is 0 Å². The molecule has 0 aliphatic carbocycles. The third-order valence-electron chi connectivity index (χ3n) is 1.73. The summed E-state index contributed by atoms with van der Waals surface area (Å²) in [6, 6.07) is 0. The molecule has 1 heteroatoms. The molecule has 0 aliphatic heterocycles. The standard InChI is InChI=1S/C8H16O/c1-4-8(5-2)6-7(3)9/h8H,4-6H2,1-3H3. The predicted octanol–water partition coefficient (Wildman–Crippen LogP) is 2.40. The van der Waals surface area contributed by atoms with Crippen molar-refractivity contribution in [1.29, 1.82) is 0 Å². The van der Waals surface area contributed by atoms with Crippen molar-refractivity contribution in [2.24, 2.45) is 5.92 Å². The molecule has 0 aromatic carbocycles. The van der Waals surface area contributed by atoms with Crippen LogP contribution < -0.4 is 0 Å². The topological polar surface area (TPSA) is 17.1 Å². The van der Waals surface area contributed by atoms with Crippen LogP contribution in [-0.4, -0.2) is 5.78 Å². The minimum absolute atomic E-state index is 0.323. The molecular weight excluding hydrogens is 112 g/mol. The molecule has 0 atom stereocenters. The van der Waals surface area contributed by atoms with Crippen molar-refractivity contribution in [3.63, 3.8) is 0 Å². The van der Waals surface area contributed by atoms with Gasteiger partial charge in [-0.3, -0.25) is 0 Å². The van der Waals surface area contributed by atoms with Crippen molar-refractivity contribution in [1.82, 2.24) is 0 Å². The van der Waals surface area contributed by atoms with Crippen molar-refractivity contribution in [3.05, 3.63) is 0 Å². The Morgan fingerprint density at radius 2 is 1.78 bits per heavy atom. The van der Waals surface area contributed by atoms with Crippen LogP contribution in [0.4, 0.5) is 0 Å². The largest absolute Gasteiger partial charge is 0.300 e. The predicted molar refractivity (Wildman–Crippen MR) is 39.4 cm³/mol. The van der Waals surface area contributed by atoms with Gasteiger partial charge in [-0.2, -0.15) is 0 Å². The van der Waals surface area contributed by atoms with Crippen molar-refractivity contribution in [2.75, 3.05) is 0 Å². The lowest BCUT2D eigenvalue weighted by Gasteiger charge is -2.07. The molecule has 0 bridgehead atoms. The molecule has 9 heavy (non-hydrogen) atoms. The normalized spacial score (nSPS) is 10.2. The highest BCUT2D eigenvalue weighted by Crippen LogP contribution is 2.11. The summed E-state index contributed by atoms with van der Waals surface area (Å²) < 4.78 is 0. The average molecular weight is 128 g/mol. The van der Waals surface area contributed by atoms with Crippen LogP contribution in [-0.2, 0) is 4.79 Å². The summed E-state index contributed by atoms with van der Waals surface area (Å²) in [4.78, 5) is 10.6. The highest BCUT2D eigenvalue weighted by molar-refractivity contribution is 5.75. The first-order valence-corrected chi connectivity index (χ1v) is 3.70. The zero-order chi connectivity index (χ0) is 7.28. The summed E-state index contributed by atoms with van der Waals surface area (Å²) in [5, 5.41) is 0. The molecule has 0 saturated heterocycles. The number of Topliss-reactive ketones (excluding diaryl/α,β-unsaturated/α-hetero) is 1. The van der Waals surface area contributed by atoms with Gasteiger partial charge >= 0.3 is 0 Å². The van der Waals surface area contributed by atoms with Gasteiger partial charge < -0.3 is 4.79 Å². The Balaban J connectivity index is 3.43. The maximum atomic E-state index is 10.6. The van der Waals surface area contributed by atoms with Crippen LogP contribution in [0.1, 0.15) is 40.0 Å². The number of carbonyl (C=O) groups excluding carboxylic acids is 1. The molecular formula is C8H16O. The summed E-state index contributed by atoms with van der Waals surface area (Å²) in [7, 11) is 0. The first-order valence-electron chi connectivity index (χ1n) is 3.70. The lowest BCUT2D eigenvalue weighted by Crippen LogP contribution is -2.02. The van der Waals surface area contributed by atoms with Crippen LogP contribution in [0.3, 0.4) is 0 Å². The number of rotatable bonds is 4. The van der Waals surface area contributed by atoms with E-state index in [-0.39, 0.29) is 0 Å². The van der Waals surface area contributed by atoms with E-state index in [1.807, 2.05) is 0 Å². The van der Waals surface area contributed by atoms with Crippen molar-refractivity contribution < 1.29 is 4.79 Å².